The molecule has 0 saturated carbocycles. The molecule has 0 bridgehead atoms. The molecule has 0 saturated heterocycles. The maximum absolute atomic E-state index is 9.56. The van der Waals surface area contributed by atoms with Crippen LogP contribution in [0.2, 0.25) is 0 Å². The van der Waals surface area contributed by atoms with E-state index in [0.717, 1.165) is 11.4 Å². The number of H-pyrrole nitrogens is 2. The Labute approximate surface area is 80.8 Å². The topological polar surface area (TPSA) is 51.8 Å². The Kier molecular flexibility index (Phi) is 1.84. The van der Waals surface area contributed by atoms with Crippen molar-refractivity contribution in [3.63, 3.8) is 0 Å². The highest BCUT2D eigenvalue weighted by molar-refractivity contribution is 7.71. The van der Waals surface area contributed by atoms with Crippen LogP contribution in [0, 0.1) is 10.7 Å². The normalized spacial score (nSPS) is 20.7. The number of nitrogens with one attached hydrogen (secondary N) is 2. The highest BCUT2D eigenvalue weighted by Crippen LogP contribution is 2.20. The number of aromatic nitrogens is 2. The monoisotopic (exact) mass is 194 g/mol. The van der Waals surface area contributed by atoms with Crippen LogP contribution in [-0.2, 0) is 0 Å². The van der Waals surface area contributed by atoms with E-state index < -0.39 is 0 Å². The first-order valence-electron chi connectivity index (χ1n) is 4.08. The number of rotatable bonds is 0. The van der Waals surface area contributed by atoms with Crippen LogP contribution in [0.1, 0.15) is 18.3 Å². The fraction of sp³-hybridized carbons (Fsp3) is 0.222. The molecule has 13 heavy (non-hydrogen) atoms. The van der Waals surface area contributed by atoms with Gasteiger partial charge in [-0.25, -0.2) is 0 Å². The summed E-state index contributed by atoms with van der Waals surface area (Å²) in [5.41, 5.74) is 1.75. The highest BCUT2D eigenvalue weighted by atomic mass is 32.1. The van der Waals surface area contributed by atoms with Gasteiger partial charge in [0, 0.05) is 12.0 Å². The van der Waals surface area contributed by atoms with Gasteiger partial charge in [-0.1, -0.05) is 13.0 Å². The van der Waals surface area contributed by atoms with E-state index in [1.54, 1.807) is 6.08 Å². The second kappa shape index (κ2) is 2.88. The zero-order chi connectivity index (χ0) is 9.42. The molecule has 0 fully saturated rings. The SMILES string of the molecule is CC1C=Cc2[nH]c(=S)[nH]c2C=C1O. The van der Waals surface area contributed by atoms with Gasteiger partial charge in [0.25, 0.3) is 0 Å². The van der Waals surface area contributed by atoms with Crippen molar-refractivity contribution in [1.29, 1.82) is 0 Å². The predicted molar refractivity (Wildman–Crippen MR) is 54.8 cm³/mol. The molecule has 1 aromatic rings. The smallest absolute Gasteiger partial charge is 0.175 e. The van der Waals surface area contributed by atoms with Crippen molar-refractivity contribution in [2.45, 2.75) is 6.92 Å². The summed E-state index contributed by atoms with van der Waals surface area (Å²) >= 11 is 4.94. The van der Waals surface area contributed by atoms with Crippen LogP contribution in [0.25, 0.3) is 12.2 Å². The van der Waals surface area contributed by atoms with E-state index in [2.05, 4.69) is 9.97 Å². The average Bonchev–Trinajstić information content (AvgIpc) is 2.36. The largest absolute Gasteiger partial charge is 0.512 e. The molecule has 2 rings (SSSR count). The Bertz CT molecular complexity index is 439. The van der Waals surface area contributed by atoms with Gasteiger partial charge in [-0.2, -0.15) is 0 Å². The molecular formula is C9H10N2OS. The average molecular weight is 194 g/mol. The minimum Gasteiger partial charge on any atom is -0.512 e. The molecule has 3 N–H and O–H groups in total. The molecule has 1 aliphatic carbocycles. The van der Waals surface area contributed by atoms with Crippen molar-refractivity contribution in [2.24, 2.45) is 5.92 Å². The zero-order valence-electron chi connectivity index (χ0n) is 7.16. The Balaban J connectivity index is 2.60. The van der Waals surface area contributed by atoms with E-state index >= 15 is 0 Å². The van der Waals surface area contributed by atoms with Gasteiger partial charge in [-0.15, -0.1) is 0 Å². The lowest BCUT2D eigenvalue weighted by molar-refractivity contribution is 0.372. The fourth-order valence-corrected chi connectivity index (χ4v) is 1.49. The molecule has 68 valence electrons. The third-order valence-electron chi connectivity index (χ3n) is 2.10. The number of hydrogen-bond donors (Lipinski definition) is 3. The van der Waals surface area contributed by atoms with Crippen LogP contribution < -0.4 is 0 Å². The number of allylic oxidation sites excluding steroid dienone is 1. The minimum atomic E-state index is 0.0581. The van der Waals surface area contributed by atoms with Gasteiger partial charge in [0.15, 0.2) is 4.77 Å². The van der Waals surface area contributed by atoms with Crippen LogP contribution in [0.15, 0.2) is 11.8 Å². The first-order valence-corrected chi connectivity index (χ1v) is 4.48. The first-order chi connectivity index (χ1) is 6.16. The maximum atomic E-state index is 9.56. The van der Waals surface area contributed by atoms with E-state index in [-0.39, 0.29) is 5.92 Å². The van der Waals surface area contributed by atoms with Crippen molar-refractivity contribution in [3.05, 3.63) is 28.0 Å². The van der Waals surface area contributed by atoms with E-state index in [0.29, 0.717) is 10.5 Å². The number of aromatic amines is 2. The Hall–Kier alpha value is -1.29. The molecule has 1 unspecified atom stereocenters. The number of fused-ring (bicyclic) bond motifs is 1. The van der Waals surface area contributed by atoms with E-state index in [9.17, 15) is 5.11 Å². The first kappa shape index (κ1) is 8.31. The van der Waals surface area contributed by atoms with Crippen LogP contribution in [0.4, 0.5) is 0 Å². The molecule has 0 aromatic carbocycles. The van der Waals surface area contributed by atoms with Gasteiger partial charge in [-0.05, 0) is 18.3 Å². The number of aliphatic hydroxyl groups excluding tert-OH is 1. The van der Waals surface area contributed by atoms with Gasteiger partial charge in [0.2, 0.25) is 0 Å². The molecule has 0 spiro atoms. The third-order valence-corrected chi connectivity index (χ3v) is 2.30. The molecule has 1 aromatic heterocycles. The minimum absolute atomic E-state index is 0.0581. The third kappa shape index (κ3) is 1.45. The molecule has 0 amide bonds. The molecule has 3 nitrogen and oxygen atoms in total. The Morgan fingerprint density at radius 2 is 2.08 bits per heavy atom. The van der Waals surface area contributed by atoms with Crippen LogP contribution in [0.3, 0.4) is 0 Å². The number of hydrogen-bond acceptors (Lipinski definition) is 2. The zero-order valence-corrected chi connectivity index (χ0v) is 7.98. The van der Waals surface area contributed by atoms with Crippen molar-refractivity contribution in [1.82, 2.24) is 9.97 Å². The highest BCUT2D eigenvalue weighted by Gasteiger charge is 2.10. The lowest BCUT2D eigenvalue weighted by Crippen LogP contribution is -1.92. The van der Waals surface area contributed by atoms with Gasteiger partial charge in [0.05, 0.1) is 11.4 Å². The lowest BCUT2D eigenvalue weighted by atomic mass is 10.1. The lowest BCUT2D eigenvalue weighted by Gasteiger charge is -2.01. The molecule has 0 radical (unpaired) electrons. The molecule has 1 heterocycles. The van der Waals surface area contributed by atoms with Gasteiger partial charge >= 0.3 is 0 Å². The quantitative estimate of drug-likeness (QED) is 0.556. The standard InChI is InChI=1S/C9H10N2OS/c1-5-2-3-6-7(4-8(5)12)11-9(13)10-6/h2-5,12H,1H3,(H2,10,11,13). The van der Waals surface area contributed by atoms with Crippen LogP contribution in [0.5, 0.6) is 0 Å². The van der Waals surface area contributed by atoms with Crippen molar-refractivity contribution < 1.29 is 5.11 Å². The summed E-state index contributed by atoms with van der Waals surface area (Å²) < 4.78 is 0.577. The fourth-order valence-electron chi connectivity index (χ4n) is 1.27. The predicted octanol–water partition coefficient (Wildman–Crippen LogP) is 2.63. The van der Waals surface area contributed by atoms with E-state index in [1.807, 2.05) is 19.1 Å². The summed E-state index contributed by atoms with van der Waals surface area (Å²) in [6, 6.07) is 0. The summed E-state index contributed by atoms with van der Waals surface area (Å²) in [6.45, 7) is 1.93. The number of aliphatic hydroxyl groups is 1. The summed E-state index contributed by atoms with van der Waals surface area (Å²) in [4.78, 5) is 5.95. The van der Waals surface area contributed by atoms with Crippen LogP contribution in [-0.4, -0.2) is 15.1 Å². The summed E-state index contributed by atoms with van der Waals surface area (Å²) in [6.07, 6.45) is 5.55. The Morgan fingerprint density at radius 3 is 2.85 bits per heavy atom. The van der Waals surface area contributed by atoms with Crippen molar-refractivity contribution >= 4 is 24.4 Å². The van der Waals surface area contributed by atoms with E-state index in [1.165, 1.54) is 0 Å². The van der Waals surface area contributed by atoms with E-state index in [4.69, 9.17) is 12.2 Å². The van der Waals surface area contributed by atoms with Crippen LogP contribution >= 0.6 is 12.2 Å². The Morgan fingerprint density at radius 1 is 1.38 bits per heavy atom. The summed E-state index contributed by atoms with van der Waals surface area (Å²) in [7, 11) is 0. The molecule has 0 aliphatic heterocycles. The molecule has 4 heteroatoms. The van der Waals surface area contributed by atoms with Crippen molar-refractivity contribution in [2.75, 3.05) is 0 Å². The second-order valence-corrected chi connectivity index (χ2v) is 3.53. The number of imidazole rings is 1. The molecule has 1 aliphatic rings. The van der Waals surface area contributed by atoms with Gasteiger partial charge in [0.1, 0.15) is 5.76 Å². The van der Waals surface area contributed by atoms with Crippen molar-refractivity contribution in [3.8, 4) is 0 Å². The maximum Gasteiger partial charge on any atom is 0.175 e. The summed E-state index contributed by atoms with van der Waals surface area (Å²) in [5.74, 6) is 0.406. The van der Waals surface area contributed by atoms with Gasteiger partial charge in [-0.3, -0.25) is 0 Å². The molecular weight excluding hydrogens is 184 g/mol. The molecule has 1 atom stereocenters. The van der Waals surface area contributed by atoms with Gasteiger partial charge < -0.3 is 15.1 Å². The second-order valence-electron chi connectivity index (χ2n) is 3.12. The summed E-state index contributed by atoms with van der Waals surface area (Å²) in [5, 5.41) is 9.56.